The van der Waals surface area contributed by atoms with Crippen LogP contribution in [-0.4, -0.2) is 33.0 Å². The average Bonchev–Trinajstić information content (AvgIpc) is 3.35. The molecular weight excluding hydrogens is 363 g/mol. The maximum absolute atomic E-state index is 13.0. The Bertz CT molecular complexity index is 1010. The van der Waals surface area contributed by atoms with Gasteiger partial charge in [-0.15, -0.1) is 0 Å². The lowest BCUT2D eigenvalue weighted by molar-refractivity contribution is 0.0698. The predicted octanol–water partition coefficient (Wildman–Crippen LogP) is 2.28. The van der Waals surface area contributed by atoms with Crippen LogP contribution < -0.4 is 5.32 Å². The topological polar surface area (TPSA) is 80.4 Å². The Morgan fingerprint density at radius 1 is 1.25 bits per heavy atom. The highest BCUT2D eigenvalue weighted by Gasteiger charge is 2.30. The molecule has 8 heteroatoms. The molecule has 0 radical (unpaired) electrons. The fourth-order valence-electron chi connectivity index (χ4n) is 3.37. The van der Waals surface area contributed by atoms with Crippen molar-refractivity contribution in [3.8, 4) is 0 Å². The summed E-state index contributed by atoms with van der Waals surface area (Å²) in [7, 11) is 1.79. The van der Waals surface area contributed by atoms with Crippen molar-refractivity contribution < 1.29 is 18.4 Å². The fraction of sp³-hybridized carbons (Fsp3) is 0.250. The van der Waals surface area contributed by atoms with Gasteiger partial charge in [0.25, 0.3) is 11.8 Å². The zero-order valence-corrected chi connectivity index (χ0v) is 15.3. The van der Waals surface area contributed by atoms with Crippen molar-refractivity contribution in [2.75, 3.05) is 6.54 Å². The normalized spacial score (nSPS) is 13.3. The van der Waals surface area contributed by atoms with Crippen LogP contribution in [0.2, 0.25) is 0 Å². The molecule has 0 unspecified atom stereocenters. The van der Waals surface area contributed by atoms with Crippen molar-refractivity contribution in [3.63, 3.8) is 0 Å². The SMILES string of the molecule is Cn1nc(C(=O)NCc2ccc(F)cc2)c2c1CCN(C(=O)c1ccco1)C2. The number of hydrogen-bond donors (Lipinski definition) is 1. The first-order chi connectivity index (χ1) is 13.5. The van der Waals surface area contributed by atoms with Gasteiger partial charge in [-0.25, -0.2) is 4.39 Å². The lowest BCUT2D eigenvalue weighted by Gasteiger charge is -2.26. The zero-order valence-electron chi connectivity index (χ0n) is 15.3. The molecule has 0 atom stereocenters. The first-order valence-electron chi connectivity index (χ1n) is 8.93. The summed E-state index contributed by atoms with van der Waals surface area (Å²) in [6.45, 7) is 1.09. The Morgan fingerprint density at radius 2 is 2.04 bits per heavy atom. The van der Waals surface area contributed by atoms with Gasteiger partial charge < -0.3 is 14.6 Å². The zero-order chi connectivity index (χ0) is 19.7. The molecule has 2 aromatic heterocycles. The lowest BCUT2D eigenvalue weighted by Crippen LogP contribution is -2.37. The molecule has 0 saturated carbocycles. The smallest absolute Gasteiger partial charge is 0.289 e. The van der Waals surface area contributed by atoms with E-state index in [-0.39, 0.29) is 29.9 Å². The Kier molecular flexibility index (Phi) is 4.68. The number of aromatic nitrogens is 2. The van der Waals surface area contributed by atoms with E-state index in [1.807, 2.05) is 0 Å². The van der Waals surface area contributed by atoms with E-state index in [4.69, 9.17) is 4.42 Å². The quantitative estimate of drug-likeness (QED) is 0.751. The van der Waals surface area contributed by atoms with Gasteiger partial charge in [-0.1, -0.05) is 12.1 Å². The van der Waals surface area contributed by atoms with E-state index in [1.54, 1.807) is 40.9 Å². The first kappa shape index (κ1) is 18.0. The van der Waals surface area contributed by atoms with Crippen LogP contribution >= 0.6 is 0 Å². The van der Waals surface area contributed by atoms with E-state index in [9.17, 15) is 14.0 Å². The minimum absolute atomic E-state index is 0.211. The molecule has 1 aliphatic rings. The third kappa shape index (κ3) is 3.40. The first-order valence-corrected chi connectivity index (χ1v) is 8.93. The highest BCUT2D eigenvalue weighted by molar-refractivity contribution is 5.95. The Morgan fingerprint density at radius 3 is 2.75 bits per heavy atom. The molecule has 0 fully saturated rings. The van der Waals surface area contributed by atoms with E-state index in [2.05, 4.69) is 10.4 Å². The van der Waals surface area contributed by atoms with Crippen LogP contribution in [0.15, 0.2) is 47.1 Å². The van der Waals surface area contributed by atoms with Crippen LogP contribution in [0.25, 0.3) is 0 Å². The standard InChI is InChI=1S/C20H19FN4O3/c1-24-16-8-9-25(20(27)17-3-2-10-28-17)12-15(16)18(23-24)19(26)22-11-13-4-6-14(21)7-5-13/h2-7,10H,8-9,11-12H2,1H3,(H,22,26). The van der Waals surface area contributed by atoms with Gasteiger partial charge in [0, 0.05) is 37.8 Å². The minimum Gasteiger partial charge on any atom is -0.459 e. The number of carbonyl (C=O) groups excluding carboxylic acids is 2. The van der Waals surface area contributed by atoms with Crippen molar-refractivity contribution in [3.05, 3.63) is 76.8 Å². The number of nitrogens with one attached hydrogen (secondary N) is 1. The highest BCUT2D eigenvalue weighted by Crippen LogP contribution is 2.23. The predicted molar refractivity (Wildman–Crippen MR) is 97.9 cm³/mol. The van der Waals surface area contributed by atoms with E-state index in [0.717, 1.165) is 16.8 Å². The van der Waals surface area contributed by atoms with E-state index in [0.29, 0.717) is 25.2 Å². The molecule has 1 N–H and O–H groups in total. The summed E-state index contributed by atoms with van der Waals surface area (Å²) in [6, 6.07) is 9.23. The molecule has 1 aliphatic heterocycles. The molecule has 144 valence electrons. The third-order valence-corrected chi connectivity index (χ3v) is 4.84. The second-order valence-electron chi connectivity index (χ2n) is 6.66. The van der Waals surface area contributed by atoms with Crippen LogP contribution in [-0.2, 0) is 26.6 Å². The van der Waals surface area contributed by atoms with Gasteiger partial charge in [-0.2, -0.15) is 5.10 Å². The van der Waals surface area contributed by atoms with Gasteiger partial charge >= 0.3 is 0 Å². The van der Waals surface area contributed by atoms with Gasteiger partial charge in [0.2, 0.25) is 0 Å². The number of furan rings is 1. The van der Waals surface area contributed by atoms with Crippen LogP contribution in [0.5, 0.6) is 0 Å². The number of nitrogens with zero attached hydrogens (tertiary/aromatic N) is 3. The van der Waals surface area contributed by atoms with E-state index in [1.165, 1.54) is 18.4 Å². The minimum atomic E-state index is -0.325. The molecule has 1 aromatic carbocycles. The monoisotopic (exact) mass is 382 g/mol. The molecule has 0 saturated heterocycles. The number of hydrogen-bond acceptors (Lipinski definition) is 4. The summed E-state index contributed by atoms with van der Waals surface area (Å²) in [4.78, 5) is 26.9. The second kappa shape index (κ2) is 7.30. The lowest BCUT2D eigenvalue weighted by atomic mass is 10.0. The molecule has 7 nitrogen and oxygen atoms in total. The maximum atomic E-state index is 13.0. The largest absolute Gasteiger partial charge is 0.459 e. The number of fused-ring (bicyclic) bond motifs is 1. The molecule has 0 spiro atoms. The number of amides is 2. The molecule has 0 aliphatic carbocycles. The van der Waals surface area contributed by atoms with Gasteiger partial charge in [0.15, 0.2) is 11.5 Å². The van der Waals surface area contributed by atoms with Gasteiger partial charge in [-0.3, -0.25) is 14.3 Å². The molecule has 4 rings (SSSR count). The molecule has 2 amide bonds. The summed E-state index contributed by atoms with van der Waals surface area (Å²) in [6.07, 6.45) is 2.07. The summed E-state index contributed by atoms with van der Waals surface area (Å²) in [5, 5.41) is 7.17. The Balaban J connectivity index is 1.51. The van der Waals surface area contributed by atoms with Crippen molar-refractivity contribution in [2.24, 2.45) is 7.05 Å². The number of carbonyl (C=O) groups is 2. The summed E-state index contributed by atoms with van der Waals surface area (Å²) < 4.78 is 19.9. The average molecular weight is 382 g/mol. The fourth-order valence-corrected chi connectivity index (χ4v) is 3.37. The van der Waals surface area contributed by atoms with E-state index < -0.39 is 0 Å². The van der Waals surface area contributed by atoms with Crippen LogP contribution in [0.4, 0.5) is 4.39 Å². The van der Waals surface area contributed by atoms with Crippen LogP contribution in [0.1, 0.15) is 37.9 Å². The van der Waals surface area contributed by atoms with Gasteiger partial charge in [-0.05, 0) is 29.8 Å². The van der Waals surface area contributed by atoms with Crippen LogP contribution in [0.3, 0.4) is 0 Å². The Hall–Kier alpha value is -3.42. The highest BCUT2D eigenvalue weighted by atomic mass is 19.1. The third-order valence-electron chi connectivity index (χ3n) is 4.84. The second-order valence-corrected chi connectivity index (χ2v) is 6.66. The van der Waals surface area contributed by atoms with Crippen molar-refractivity contribution in [1.82, 2.24) is 20.0 Å². The molecule has 3 heterocycles. The maximum Gasteiger partial charge on any atom is 0.289 e. The number of aryl methyl sites for hydroxylation is 1. The molecule has 3 aromatic rings. The number of halogens is 1. The molecular formula is C20H19FN4O3. The van der Waals surface area contributed by atoms with E-state index >= 15 is 0 Å². The summed E-state index contributed by atoms with van der Waals surface area (Å²) in [5.74, 6) is -0.588. The molecule has 28 heavy (non-hydrogen) atoms. The summed E-state index contributed by atoms with van der Waals surface area (Å²) >= 11 is 0. The van der Waals surface area contributed by atoms with Crippen molar-refractivity contribution >= 4 is 11.8 Å². The van der Waals surface area contributed by atoms with Gasteiger partial charge in [0.05, 0.1) is 12.8 Å². The number of rotatable bonds is 4. The molecule has 0 bridgehead atoms. The number of benzene rings is 1. The van der Waals surface area contributed by atoms with Crippen molar-refractivity contribution in [2.45, 2.75) is 19.5 Å². The van der Waals surface area contributed by atoms with Crippen LogP contribution in [0, 0.1) is 5.82 Å². The van der Waals surface area contributed by atoms with Gasteiger partial charge in [0.1, 0.15) is 5.82 Å². The van der Waals surface area contributed by atoms with Crippen molar-refractivity contribution in [1.29, 1.82) is 0 Å². The Labute approximate surface area is 160 Å². The summed E-state index contributed by atoms with van der Waals surface area (Å²) in [5.41, 5.74) is 2.77.